The minimum absolute atomic E-state index is 0.0642. The number of piperidine rings is 2. The van der Waals surface area contributed by atoms with Crippen LogP contribution in [0.25, 0.3) is 0 Å². The number of carbonyl (C=O) groups excluding carboxylic acids is 2. The Morgan fingerprint density at radius 1 is 0.895 bits per heavy atom. The third kappa shape index (κ3) is 3.48. The minimum atomic E-state index is 0.0642. The van der Waals surface area contributed by atoms with E-state index in [1.54, 1.807) is 0 Å². The molecule has 2 rings (SSSR count). The summed E-state index contributed by atoms with van der Waals surface area (Å²) in [5.41, 5.74) is 0. The van der Waals surface area contributed by atoms with Crippen LogP contribution in [0.2, 0.25) is 0 Å². The van der Waals surface area contributed by atoms with E-state index >= 15 is 0 Å². The number of likely N-dealkylation sites (tertiary alicyclic amines) is 2. The molecule has 108 valence electrons. The standard InChI is InChI=1S/C15H26N2O2/c1-12(2)14(18)17-10-6-13(7-11-17)15(19)16-8-4-3-5-9-16/h12-13H,3-11H2,1-2H3. The van der Waals surface area contributed by atoms with Crippen LogP contribution in [-0.4, -0.2) is 47.8 Å². The Morgan fingerprint density at radius 2 is 1.47 bits per heavy atom. The molecule has 2 saturated heterocycles. The fourth-order valence-corrected chi connectivity index (χ4v) is 3.08. The Labute approximate surface area is 116 Å². The molecule has 0 unspecified atom stereocenters. The van der Waals surface area contributed by atoms with Crippen LogP contribution in [-0.2, 0) is 9.59 Å². The van der Waals surface area contributed by atoms with Crippen molar-refractivity contribution < 1.29 is 9.59 Å². The highest BCUT2D eigenvalue weighted by molar-refractivity contribution is 5.81. The zero-order valence-electron chi connectivity index (χ0n) is 12.2. The maximum atomic E-state index is 12.4. The van der Waals surface area contributed by atoms with Crippen LogP contribution in [0.4, 0.5) is 0 Å². The van der Waals surface area contributed by atoms with Crippen LogP contribution in [0.5, 0.6) is 0 Å². The number of hydrogen-bond acceptors (Lipinski definition) is 2. The van der Waals surface area contributed by atoms with Gasteiger partial charge < -0.3 is 9.80 Å². The molecule has 2 aliphatic heterocycles. The van der Waals surface area contributed by atoms with E-state index in [1.165, 1.54) is 6.42 Å². The molecular formula is C15H26N2O2. The van der Waals surface area contributed by atoms with Gasteiger partial charge >= 0.3 is 0 Å². The molecule has 4 heteroatoms. The lowest BCUT2D eigenvalue weighted by Crippen LogP contribution is -2.46. The van der Waals surface area contributed by atoms with Crippen LogP contribution in [0.3, 0.4) is 0 Å². The quantitative estimate of drug-likeness (QED) is 0.766. The molecule has 2 heterocycles. The summed E-state index contributed by atoms with van der Waals surface area (Å²) in [6.45, 7) is 7.25. The number of rotatable bonds is 2. The van der Waals surface area contributed by atoms with Crippen molar-refractivity contribution in [2.75, 3.05) is 26.2 Å². The lowest BCUT2D eigenvalue weighted by molar-refractivity contribution is -0.142. The largest absolute Gasteiger partial charge is 0.342 e. The van der Waals surface area contributed by atoms with Crippen molar-refractivity contribution in [1.29, 1.82) is 0 Å². The molecule has 2 aliphatic rings. The fourth-order valence-electron chi connectivity index (χ4n) is 3.08. The van der Waals surface area contributed by atoms with Gasteiger partial charge in [-0.05, 0) is 32.1 Å². The van der Waals surface area contributed by atoms with E-state index in [4.69, 9.17) is 0 Å². The van der Waals surface area contributed by atoms with E-state index in [0.29, 0.717) is 5.91 Å². The van der Waals surface area contributed by atoms with Gasteiger partial charge in [-0.25, -0.2) is 0 Å². The number of amides is 2. The van der Waals surface area contributed by atoms with Crippen molar-refractivity contribution in [3.63, 3.8) is 0 Å². The molecule has 0 aromatic rings. The summed E-state index contributed by atoms with van der Waals surface area (Å²) in [6, 6.07) is 0. The first-order valence-electron chi connectivity index (χ1n) is 7.67. The van der Waals surface area contributed by atoms with Gasteiger partial charge in [0.05, 0.1) is 0 Å². The molecule has 0 saturated carbocycles. The molecule has 0 aromatic carbocycles. The zero-order valence-corrected chi connectivity index (χ0v) is 12.2. The summed E-state index contributed by atoms with van der Waals surface area (Å²) in [7, 11) is 0. The van der Waals surface area contributed by atoms with Crippen molar-refractivity contribution in [3.05, 3.63) is 0 Å². The normalized spacial score (nSPS) is 21.8. The third-order valence-corrected chi connectivity index (χ3v) is 4.32. The fraction of sp³-hybridized carbons (Fsp3) is 0.867. The lowest BCUT2D eigenvalue weighted by atomic mass is 9.93. The molecule has 4 nitrogen and oxygen atoms in total. The van der Waals surface area contributed by atoms with Gasteiger partial charge in [0.2, 0.25) is 11.8 Å². The predicted octanol–water partition coefficient (Wildman–Crippen LogP) is 1.89. The van der Waals surface area contributed by atoms with Crippen LogP contribution in [0.1, 0.15) is 46.0 Å². The Kier molecular flexibility index (Phi) is 4.83. The molecule has 0 bridgehead atoms. The smallest absolute Gasteiger partial charge is 0.225 e. The van der Waals surface area contributed by atoms with Gasteiger partial charge in [-0.1, -0.05) is 13.8 Å². The van der Waals surface area contributed by atoms with Gasteiger partial charge in [-0.3, -0.25) is 9.59 Å². The summed E-state index contributed by atoms with van der Waals surface area (Å²) in [6.07, 6.45) is 5.24. The van der Waals surface area contributed by atoms with E-state index in [0.717, 1.165) is 51.9 Å². The summed E-state index contributed by atoms with van der Waals surface area (Å²) in [5.74, 6) is 0.767. The van der Waals surface area contributed by atoms with E-state index in [2.05, 4.69) is 0 Å². The summed E-state index contributed by atoms with van der Waals surface area (Å²) in [4.78, 5) is 28.2. The highest BCUT2D eigenvalue weighted by Crippen LogP contribution is 2.22. The number of nitrogens with zero attached hydrogens (tertiary/aromatic N) is 2. The van der Waals surface area contributed by atoms with E-state index in [-0.39, 0.29) is 17.7 Å². The summed E-state index contributed by atoms with van der Waals surface area (Å²) >= 11 is 0. The van der Waals surface area contributed by atoms with Crippen LogP contribution in [0.15, 0.2) is 0 Å². The maximum Gasteiger partial charge on any atom is 0.225 e. The van der Waals surface area contributed by atoms with Crippen LogP contribution < -0.4 is 0 Å². The highest BCUT2D eigenvalue weighted by atomic mass is 16.2. The Balaban J connectivity index is 1.82. The molecule has 0 radical (unpaired) electrons. The van der Waals surface area contributed by atoms with Crippen LogP contribution >= 0.6 is 0 Å². The monoisotopic (exact) mass is 266 g/mol. The second kappa shape index (κ2) is 6.40. The summed E-state index contributed by atoms with van der Waals surface area (Å²) in [5, 5.41) is 0. The SMILES string of the molecule is CC(C)C(=O)N1CCC(C(=O)N2CCCCC2)CC1. The van der Waals surface area contributed by atoms with Gasteiger partial charge in [-0.2, -0.15) is 0 Å². The molecule has 0 aliphatic carbocycles. The van der Waals surface area contributed by atoms with E-state index in [9.17, 15) is 9.59 Å². The average Bonchev–Trinajstić information content (AvgIpc) is 2.46. The Hall–Kier alpha value is -1.06. The second-order valence-corrected chi connectivity index (χ2v) is 6.14. The van der Waals surface area contributed by atoms with Gasteiger partial charge in [0.15, 0.2) is 0 Å². The van der Waals surface area contributed by atoms with Gasteiger partial charge in [-0.15, -0.1) is 0 Å². The molecule has 0 N–H and O–H groups in total. The molecule has 2 amide bonds. The molecule has 2 fully saturated rings. The average molecular weight is 266 g/mol. The van der Waals surface area contributed by atoms with Crippen LogP contribution in [0, 0.1) is 11.8 Å². The number of carbonyl (C=O) groups is 2. The van der Waals surface area contributed by atoms with Crippen molar-refractivity contribution >= 4 is 11.8 Å². The van der Waals surface area contributed by atoms with E-state index in [1.807, 2.05) is 23.6 Å². The van der Waals surface area contributed by atoms with Gasteiger partial charge in [0.1, 0.15) is 0 Å². The lowest BCUT2D eigenvalue weighted by Gasteiger charge is -2.36. The predicted molar refractivity (Wildman–Crippen MR) is 74.6 cm³/mol. The summed E-state index contributed by atoms with van der Waals surface area (Å²) < 4.78 is 0. The van der Waals surface area contributed by atoms with Crippen molar-refractivity contribution in [2.24, 2.45) is 11.8 Å². The third-order valence-electron chi connectivity index (χ3n) is 4.32. The minimum Gasteiger partial charge on any atom is -0.342 e. The van der Waals surface area contributed by atoms with Crippen molar-refractivity contribution in [3.8, 4) is 0 Å². The first-order chi connectivity index (χ1) is 9.09. The molecule has 0 aromatic heterocycles. The van der Waals surface area contributed by atoms with Gasteiger partial charge in [0, 0.05) is 38.0 Å². The van der Waals surface area contributed by atoms with Crippen molar-refractivity contribution in [1.82, 2.24) is 9.80 Å². The molecule has 0 spiro atoms. The maximum absolute atomic E-state index is 12.4. The first kappa shape index (κ1) is 14.4. The Morgan fingerprint density at radius 3 is 2.00 bits per heavy atom. The molecular weight excluding hydrogens is 240 g/mol. The zero-order chi connectivity index (χ0) is 13.8. The van der Waals surface area contributed by atoms with Gasteiger partial charge in [0.25, 0.3) is 0 Å². The Bertz CT molecular complexity index is 327. The topological polar surface area (TPSA) is 40.6 Å². The highest BCUT2D eigenvalue weighted by Gasteiger charge is 2.31. The van der Waals surface area contributed by atoms with E-state index < -0.39 is 0 Å². The molecule has 19 heavy (non-hydrogen) atoms. The second-order valence-electron chi connectivity index (χ2n) is 6.14. The molecule has 0 atom stereocenters. The first-order valence-corrected chi connectivity index (χ1v) is 7.67. The van der Waals surface area contributed by atoms with Crippen molar-refractivity contribution in [2.45, 2.75) is 46.0 Å². The number of hydrogen-bond donors (Lipinski definition) is 0.